The summed E-state index contributed by atoms with van der Waals surface area (Å²) in [5.74, 6) is 0.950. The third kappa shape index (κ3) is 5.62. The molecule has 0 aliphatic carbocycles. The van der Waals surface area contributed by atoms with Gasteiger partial charge in [0.2, 0.25) is 0 Å². The van der Waals surface area contributed by atoms with Gasteiger partial charge in [-0.3, -0.25) is 0 Å². The molecule has 0 bridgehead atoms. The van der Waals surface area contributed by atoms with E-state index in [-0.39, 0.29) is 6.10 Å². The molecule has 1 rings (SSSR count). The van der Waals surface area contributed by atoms with Crippen molar-refractivity contribution in [3.8, 4) is 5.75 Å². The number of rotatable bonds is 8. The van der Waals surface area contributed by atoms with Crippen molar-refractivity contribution < 1.29 is 9.47 Å². The van der Waals surface area contributed by atoms with Gasteiger partial charge in [0, 0.05) is 11.6 Å². The van der Waals surface area contributed by atoms with Gasteiger partial charge in [0.15, 0.2) is 0 Å². The normalized spacial score (nSPS) is 12.7. The lowest BCUT2D eigenvalue weighted by atomic mass is 10.0. The highest BCUT2D eigenvalue weighted by Gasteiger charge is 2.11. The SMILES string of the molecule is CCNC(C)c1cc(C)ccc1OCCOC(C)C. The van der Waals surface area contributed by atoms with Crippen molar-refractivity contribution >= 4 is 0 Å². The predicted octanol–water partition coefficient (Wildman–Crippen LogP) is 3.47. The molecule has 0 aliphatic heterocycles. The minimum Gasteiger partial charge on any atom is -0.491 e. The third-order valence-corrected chi connectivity index (χ3v) is 2.93. The van der Waals surface area contributed by atoms with Gasteiger partial charge in [0.25, 0.3) is 0 Å². The van der Waals surface area contributed by atoms with Gasteiger partial charge < -0.3 is 14.8 Å². The summed E-state index contributed by atoms with van der Waals surface area (Å²) in [5, 5.41) is 3.43. The third-order valence-electron chi connectivity index (χ3n) is 2.93. The molecular weight excluding hydrogens is 238 g/mol. The Hall–Kier alpha value is -1.06. The lowest BCUT2D eigenvalue weighted by Crippen LogP contribution is -2.19. The highest BCUT2D eigenvalue weighted by atomic mass is 16.5. The standard InChI is InChI=1S/C16H27NO2/c1-6-17-14(5)15-11-13(4)7-8-16(15)19-10-9-18-12(2)3/h7-8,11-12,14,17H,6,9-10H2,1-5H3. The maximum atomic E-state index is 5.85. The van der Waals surface area contributed by atoms with Gasteiger partial charge in [-0.1, -0.05) is 24.6 Å². The van der Waals surface area contributed by atoms with Crippen LogP contribution in [0.4, 0.5) is 0 Å². The Morgan fingerprint density at radius 2 is 1.89 bits per heavy atom. The molecule has 1 unspecified atom stereocenters. The summed E-state index contributed by atoms with van der Waals surface area (Å²) in [7, 11) is 0. The van der Waals surface area contributed by atoms with Crippen LogP contribution < -0.4 is 10.1 Å². The Bertz CT molecular complexity index is 377. The first-order valence-electron chi connectivity index (χ1n) is 7.13. The fourth-order valence-electron chi connectivity index (χ4n) is 1.99. The summed E-state index contributed by atoms with van der Waals surface area (Å²) in [6, 6.07) is 6.62. The molecule has 1 atom stereocenters. The molecule has 3 nitrogen and oxygen atoms in total. The maximum absolute atomic E-state index is 5.85. The van der Waals surface area contributed by atoms with Crippen LogP contribution in [0.5, 0.6) is 5.75 Å². The summed E-state index contributed by atoms with van der Waals surface area (Å²) in [6.07, 6.45) is 0.252. The van der Waals surface area contributed by atoms with E-state index in [1.807, 2.05) is 19.9 Å². The largest absolute Gasteiger partial charge is 0.491 e. The quantitative estimate of drug-likeness (QED) is 0.730. The molecule has 108 valence electrons. The second kappa shape index (κ2) is 8.18. The average molecular weight is 265 g/mol. The molecule has 0 heterocycles. The Labute approximate surface area is 117 Å². The van der Waals surface area contributed by atoms with Crippen LogP contribution in [0.15, 0.2) is 18.2 Å². The number of hydrogen-bond donors (Lipinski definition) is 1. The van der Waals surface area contributed by atoms with E-state index in [0.29, 0.717) is 19.3 Å². The molecule has 0 fully saturated rings. The van der Waals surface area contributed by atoms with Gasteiger partial charge in [0.05, 0.1) is 12.7 Å². The zero-order chi connectivity index (χ0) is 14.3. The molecule has 1 aromatic carbocycles. The van der Waals surface area contributed by atoms with Gasteiger partial charge in [-0.2, -0.15) is 0 Å². The van der Waals surface area contributed by atoms with Gasteiger partial charge in [0.1, 0.15) is 12.4 Å². The molecular formula is C16H27NO2. The molecule has 0 saturated heterocycles. The molecule has 0 spiro atoms. The highest BCUT2D eigenvalue weighted by Crippen LogP contribution is 2.26. The number of aryl methyl sites for hydroxylation is 1. The van der Waals surface area contributed by atoms with E-state index in [1.54, 1.807) is 0 Å². The molecule has 0 aliphatic rings. The van der Waals surface area contributed by atoms with Crippen LogP contribution in [-0.2, 0) is 4.74 Å². The minimum absolute atomic E-state index is 0.252. The van der Waals surface area contributed by atoms with Gasteiger partial charge in [-0.15, -0.1) is 0 Å². The first-order valence-corrected chi connectivity index (χ1v) is 7.13. The first-order chi connectivity index (χ1) is 9.04. The van der Waals surface area contributed by atoms with Crippen LogP contribution in [0.2, 0.25) is 0 Å². The second-order valence-corrected chi connectivity index (χ2v) is 5.09. The second-order valence-electron chi connectivity index (χ2n) is 5.09. The Morgan fingerprint density at radius 3 is 2.53 bits per heavy atom. The Balaban J connectivity index is 2.65. The summed E-state index contributed by atoms with van der Waals surface area (Å²) in [6.45, 7) is 12.6. The summed E-state index contributed by atoms with van der Waals surface area (Å²) < 4.78 is 11.3. The van der Waals surface area contributed by atoms with E-state index in [4.69, 9.17) is 9.47 Å². The van der Waals surface area contributed by atoms with Crippen LogP contribution in [-0.4, -0.2) is 25.9 Å². The van der Waals surface area contributed by atoms with Crippen molar-refractivity contribution in [2.75, 3.05) is 19.8 Å². The first kappa shape index (κ1) is 16.0. The summed E-state index contributed by atoms with van der Waals surface area (Å²) in [4.78, 5) is 0. The topological polar surface area (TPSA) is 30.5 Å². The zero-order valence-corrected chi connectivity index (χ0v) is 12.8. The molecule has 3 heteroatoms. The Morgan fingerprint density at radius 1 is 1.16 bits per heavy atom. The molecule has 0 saturated carbocycles. The van der Waals surface area contributed by atoms with E-state index in [1.165, 1.54) is 11.1 Å². The minimum atomic E-state index is 0.252. The zero-order valence-electron chi connectivity index (χ0n) is 12.8. The van der Waals surface area contributed by atoms with Crippen LogP contribution in [0.1, 0.15) is 44.9 Å². The molecule has 1 N–H and O–H groups in total. The van der Waals surface area contributed by atoms with Crippen molar-refractivity contribution in [2.24, 2.45) is 0 Å². The maximum Gasteiger partial charge on any atom is 0.124 e. The van der Waals surface area contributed by atoms with Crippen LogP contribution in [0.3, 0.4) is 0 Å². The molecule has 19 heavy (non-hydrogen) atoms. The van der Waals surface area contributed by atoms with E-state index in [0.717, 1.165) is 12.3 Å². The smallest absolute Gasteiger partial charge is 0.124 e. The lowest BCUT2D eigenvalue weighted by Gasteiger charge is -2.18. The van der Waals surface area contributed by atoms with Crippen molar-refractivity contribution in [3.63, 3.8) is 0 Å². The van der Waals surface area contributed by atoms with Crippen LogP contribution in [0.25, 0.3) is 0 Å². The Kier molecular flexibility index (Phi) is 6.89. The van der Waals surface area contributed by atoms with E-state index in [9.17, 15) is 0 Å². The number of nitrogens with one attached hydrogen (secondary N) is 1. The van der Waals surface area contributed by atoms with E-state index < -0.39 is 0 Å². The van der Waals surface area contributed by atoms with E-state index in [2.05, 4.69) is 38.2 Å². The molecule has 0 radical (unpaired) electrons. The van der Waals surface area contributed by atoms with Gasteiger partial charge >= 0.3 is 0 Å². The molecule has 1 aromatic rings. The number of ether oxygens (including phenoxy) is 2. The van der Waals surface area contributed by atoms with Crippen molar-refractivity contribution in [2.45, 2.75) is 46.8 Å². The van der Waals surface area contributed by atoms with Crippen LogP contribution >= 0.6 is 0 Å². The van der Waals surface area contributed by atoms with Crippen molar-refractivity contribution in [1.82, 2.24) is 5.32 Å². The van der Waals surface area contributed by atoms with Crippen molar-refractivity contribution in [3.05, 3.63) is 29.3 Å². The fraction of sp³-hybridized carbons (Fsp3) is 0.625. The molecule has 0 amide bonds. The van der Waals surface area contributed by atoms with Gasteiger partial charge in [-0.25, -0.2) is 0 Å². The summed E-state index contributed by atoms with van der Waals surface area (Å²) in [5.41, 5.74) is 2.47. The predicted molar refractivity (Wildman–Crippen MR) is 79.9 cm³/mol. The monoisotopic (exact) mass is 265 g/mol. The number of hydrogen-bond acceptors (Lipinski definition) is 3. The van der Waals surface area contributed by atoms with Crippen LogP contribution in [0, 0.1) is 6.92 Å². The van der Waals surface area contributed by atoms with E-state index >= 15 is 0 Å². The average Bonchev–Trinajstić information content (AvgIpc) is 2.36. The van der Waals surface area contributed by atoms with Gasteiger partial charge in [-0.05, 0) is 40.3 Å². The van der Waals surface area contributed by atoms with Crippen molar-refractivity contribution in [1.29, 1.82) is 0 Å². The highest BCUT2D eigenvalue weighted by molar-refractivity contribution is 5.38. The summed E-state index contributed by atoms with van der Waals surface area (Å²) >= 11 is 0. The fourth-order valence-corrected chi connectivity index (χ4v) is 1.99. The lowest BCUT2D eigenvalue weighted by molar-refractivity contribution is 0.0549. The molecule has 0 aromatic heterocycles. The number of benzene rings is 1.